The third-order valence-corrected chi connectivity index (χ3v) is 4.50. The van der Waals surface area contributed by atoms with Crippen molar-refractivity contribution < 1.29 is 4.42 Å². The second kappa shape index (κ2) is 5.58. The molecule has 3 aromatic heterocycles. The Morgan fingerprint density at radius 1 is 1.17 bits per heavy atom. The molecular weight excluding hydrogens is 310 g/mol. The van der Waals surface area contributed by atoms with E-state index in [1.807, 2.05) is 32.0 Å². The first-order valence-electron chi connectivity index (χ1n) is 7.46. The minimum absolute atomic E-state index is 0.695. The Bertz CT molecular complexity index is 954. The Morgan fingerprint density at radius 3 is 2.74 bits per heavy atom. The number of hydrogen-bond donors (Lipinski definition) is 0. The molecule has 6 nitrogen and oxygen atoms in total. The third-order valence-electron chi connectivity index (χ3n) is 3.60. The maximum atomic E-state index is 5.78. The summed E-state index contributed by atoms with van der Waals surface area (Å²) in [7, 11) is 0. The topological polar surface area (TPSA) is 69.1 Å². The van der Waals surface area contributed by atoms with E-state index in [2.05, 4.69) is 32.4 Å². The molecule has 0 atom stereocenters. The number of aryl methyl sites for hydroxylation is 2. The standard InChI is InChI=1S/C16H15N5OS/c1-3-13-17-10(2)14(22-13)15-20-21-12(18-19-16(21)23-15)9-11-7-5-4-6-8-11/h4-8H,3,9H2,1-2H3. The average molecular weight is 325 g/mol. The monoisotopic (exact) mass is 325 g/mol. The molecule has 0 aliphatic rings. The van der Waals surface area contributed by atoms with Crippen molar-refractivity contribution in [1.29, 1.82) is 0 Å². The van der Waals surface area contributed by atoms with Crippen LogP contribution in [0.5, 0.6) is 0 Å². The number of nitrogens with zero attached hydrogens (tertiary/aromatic N) is 5. The lowest BCUT2D eigenvalue weighted by molar-refractivity contribution is 0.512. The zero-order chi connectivity index (χ0) is 15.8. The molecular formula is C16H15N5OS. The van der Waals surface area contributed by atoms with E-state index in [0.717, 1.165) is 39.6 Å². The fourth-order valence-electron chi connectivity index (χ4n) is 2.44. The van der Waals surface area contributed by atoms with Gasteiger partial charge in [0.25, 0.3) is 0 Å². The summed E-state index contributed by atoms with van der Waals surface area (Å²) < 4.78 is 7.57. The molecule has 1 aromatic carbocycles. The maximum absolute atomic E-state index is 5.78. The highest BCUT2D eigenvalue weighted by Crippen LogP contribution is 2.29. The number of fused-ring (bicyclic) bond motifs is 1. The van der Waals surface area contributed by atoms with Crippen molar-refractivity contribution in [1.82, 2.24) is 24.8 Å². The Morgan fingerprint density at radius 2 is 2.00 bits per heavy atom. The molecule has 0 saturated heterocycles. The largest absolute Gasteiger partial charge is 0.438 e. The minimum atomic E-state index is 0.695. The lowest BCUT2D eigenvalue weighted by Gasteiger charge is -1.97. The van der Waals surface area contributed by atoms with E-state index in [-0.39, 0.29) is 0 Å². The van der Waals surface area contributed by atoms with Crippen molar-refractivity contribution in [2.75, 3.05) is 0 Å². The molecule has 0 aliphatic carbocycles. The van der Waals surface area contributed by atoms with Gasteiger partial charge in [-0.05, 0) is 12.5 Å². The smallest absolute Gasteiger partial charge is 0.235 e. The molecule has 0 saturated carbocycles. The summed E-state index contributed by atoms with van der Waals surface area (Å²) in [6, 6.07) is 10.2. The van der Waals surface area contributed by atoms with Gasteiger partial charge in [0, 0.05) is 12.8 Å². The van der Waals surface area contributed by atoms with Crippen LogP contribution in [0.15, 0.2) is 34.7 Å². The van der Waals surface area contributed by atoms with Crippen LogP contribution in [0.1, 0.15) is 29.9 Å². The molecule has 0 bridgehead atoms. The summed E-state index contributed by atoms with van der Waals surface area (Å²) in [4.78, 5) is 5.17. The molecule has 0 fully saturated rings. The Labute approximate surface area is 136 Å². The highest BCUT2D eigenvalue weighted by Gasteiger charge is 2.18. The molecule has 0 spiro atoms. The van der Waals surface area contributed by atoms with Gasteiger partial charge in [-0.15, -0.1) is 15.3 Å². The van der Waals surface area contributed by atoms with Crippen molar-refractivity contribution in [3.8, 4) is 10.8 Å². The van der Waals surface area contributed by atoms with Gasteiger partial charge in [0.15, 0.2) is 22.5 Å². The van der Waals surface area contributed by atoms with E-state index in [0.29, 0.717) is 6.42 Å². The van der Waals surface area contributed by atoms with Crippen LogP contribution >= 0.6 is 11.3 Å². The van der Waals surface area contributed by atoms with Gasteiger partial charge in [-0.1, -0.05) is 48.6 Å². The molecule has 0 radical (unpaired) electrons. The Kier molecular flexibility index (Phi) is 3.42. The molecule has 0 amide bonds. The lowest BCUT2D eigenvalue weighted by atomic mass is 10.1. The van der Waals surface area contributed by atoms with Crippen LogP contribution in [-0.4, -0.2) is 24.8 Å². The van der Waals surface area contributed by atoms with Gasteiger partial charge in [-0.2, -0.15) is 4.52 Å². The maximum Gasteiger partial charge on any atom is 0.235 e. The van der Waals surface area contributed by atoms with Crippen molar-refractivity contribution in [2.45, 2.75) is 26.7 Å². The van der Waals surface area contributed by atoms with E-state index in [1.165, 1.54) is 16.9 Å². The van der Waals surface area contributed by atoms with Gasteiger partial charge in [-0.25, -0.2) is 4.98 Å². The number of aromatic nitrogens is 5. The van der Waals surface area contributed by atoms with Gasteiger partial charge in [0.1, 0.15) is 0 Å². The van der Waals surface area contributed by atoms with Crippen LogP contribution in [-0.2, 0) is 12.8 Å². The summed E-state index contributed by atoms with van der Waals surface area (Å²) in [5.74, 6) is 2.28. The van der Waals surface area contributed by atoms with Gasteiger partial charge in [-0.3, -0.25) is 0 Å². The van der Waals surface area contributed by atoms with Crippen LogP contribution < -0.4 is 0 Å². The van der Waals surface area contributed by atoms with Crippen molar-refractivity contribution in [3.05, 3.63) is 53.3 Å². The first-order chi connectivity index (χ1) is 11.2. The fourth-order valence-corrected chi connectivity index (χ4v) is 3.33. The molecule has 4 rings (SSSR count). The van der Waals surface area contributed by atoms with E-state index >= 15 is 0 Å². The summed E-state index contributed by atoms with van der Waals surface area (Å²) in [6.07, 6.45) is 1.46. The van der Waals surface area contributed by atoms with Gasteiger partial charge < -0.3 is 4.42 Å². The van der Waals surface area contributed by atoms with Crippen molar-refractivity contribution in [2.24, 2.45) is 0 Å². The second-order valence-electron chi connectivity index (χ2n) is 5.26. The first-order valence-corrected chi connectivity index (χ1v) is 8.28. The normalized spacial score (nSPS) is 11.4. The Hall–Kier alpha value is -2.54. The zero-order valence-corrected chi connectivity index (χ0v) is 13.7. The SMILES string of the molecule is CCc1nc(C)c(-c2nn3c(Cc4ccccc4)nnc3s2)o1. The molecule has 0 N–H and O–H groups in total. The molecule has 7 heteroatoms. The van der Waals surface area contributed by atoms with Crippen LogP contribution in [0.3, 0.4) is 0 Å². The molecule has 3 heterocycles. The van der Waals surface area contributed by atoms with Crippen LogP contribution in [0, 0.1) is 6.92 Å². The first kappa shape index (κ1) is 14.1. The lowest BCUT2D eigenvalue weighted by Crippen LogP contribution is -1.97. The molecule has 0 unspecified atom stereocenters. The molecule has 0 aliphatic heterocycles. The zero-order valence-electron chi connectivity index (χ0n) is 12.9. The summed E-state index contributed by atoms with van der Waals surface area (Å²) in [6.45, 7) is 3.96. The van der Waals surface area contributed by atoms with Gasteiger partial charge >= 0.3 is 0 Å². The highest BCUT2D eigenvalue weighted by atomic mass is 32.1. The van der Waals surface area contributed by atoms with E-state index < -0.39 is 0 Å². The van der Waals surface area contributed by atoms with Crippen LogP contribution in [0.4, 0.5) is 0 Å². The number of hydrogen-bond acceptors (Lipinski definition) is 6. The van der Waals surface area contributed by atoms with Gasteiger partial charge in [0.2, 0.25) is 4.96 Å². The quantitative estimate of drug-likeness (QED) is 0.576. The predicted molar refractivity (Wildman–Crippen MR) is 87.5 cm³/mol. The van der Waals surface area contributed by atoms with Gasteiger partial charge in [0.05, 0.1) is 5.69 Å². The molecule has 116 valence electrons. The fraction of sp³-hybridized carbons (Fsp3) is 0.250. The van der Waals surface area contributed by atoms with E-state index in [4.69, 9.17) is 4.42 Å². The number of benzene rings is 1. The number of rotatable bonds is 4. The van der Waals surface area contributed by atoms with Crippen LogP contribution in [0.25, 0.3) is 15.7 Å². The Balaban J connectivity index is 1.73. The summed E-state index contributed by atoms with van der Waals surface area (Å²) >= 11 is 1.46. The van der Waals surface area contributed by atoms with Crippen molar-refractivity contribution in [3.63, 3.8) is 0 Å². The molecule has 4 aromatic rings. The summed E-state index contributed by atoms with van der Waals surface area (Å²) in [5.41, 5.74) is 2.04. The van der Waals surface area contributed by atoms with Crippen LogP contribution in [0.2, 0.25) is 0 Å². The van der Waals surface area contributed by atoms with E-state index in [1.54, 1.807) is 4.52 Å². The summed E-state index contributed by atoms with van der Waals surface area (Å²) in [5, 5.41) is 13.9. The number of oxazole rings is 1. The average Bonchev–Trinajstić information content (AvgIpc) is 3.23. The minimum Gasteiger partial charge on any atom is -0.438 e. The predicted octanol–water partition coefficient (Wildman–Crippen LogP) is 3.30. The van der Waals surface area contributed by atoms with E-state index in [9.17, 15) is 0 Å². The second-order valence-corrected chi connectivity index (χ2v) is 6.21. The molecule has 23 heavy (non-hydrogen) atoms. The third kappa shape index (κ3) is 2.53. The van der Waals surface area contributed by atoms with Crippen molar-refractivity contribution >= 4 is 16.3 Å². The highest BCUT2D eigenvalue weighted by molar-refractivity contribution is 7.19.